The van der Waals surface area contributed by atoms with E-state index in [-0.39, 0.29) is 6.61 Å². The van der Waals surface area contributed by atoms with E-state index < -0.39 is 23.7 Å². The number of ether oxygens (including phenoxy) is 2. The van der Waals surface area contributed by atoms with Gasteiger partial charge in [-0.2, -0.15) is 17.6 Å². The van der Waals surface area contributed by atoms with Crippen molar-refractivity contribution in [2.24, 2.45) is 5.90 Å². The van der Waals surface area contributed by atoms with Crippen molar-refractivity contribution in [2.75, 3.05) is 0 Å². The number of hydrogen-bond donors (Lipinski definition) is 1. The highest BCUT2D eigenvalue weighted by Gasteiger charge is 2.66. The van der Waals surface area contributed by atoms with Crippen LogP contribution in [0.5, 0.6) is 11.5 Å². The lowest BCUT2D eigenvalue weighted by atomic mass is 10.2. The van der Waals surface area contributed by atoms with Crippen molar-refractivity contribution in [3.05, 3.63) is 22.2 Å². The summed E-state index contributed by atoms with van der Waals surface area (Å²) in [4.78, 5) is 4.33. The maximum atomic E-state index is 12.9. The van der Waals surface area contributed by atoms with Crippen LogP contribution < -0.4 is 15.4 Å². The van der Waals surface area contributed by atoms with Crippen LogP contribution in [0, 0.1) is 0 Å². The van der Waals surface area contributed by atoms with E-state index in [9.17, 15) is 17.6 Å². The minimum Gasteiger partial charge on any atom is -0.421 e. The molecule has 0 saturated heterocycles. The SMILES string of the molecule is NOCc1cc2c(cc1Br)OC(F)(F)C(F)(F)O2. The lowest BCUT2D eigenvalue weighted by Crippen LogP contribution is -2.52. The molecular formula is C9H6BrF4NO3. The van der Waals surface area contributed by atoms with Gasteiger partial charge in [-0.05, 0) is 17.7 Å². The molecule has 2 rings (SSSR count). The number of rotatable bonds is 2. The average molecular weight is 332 g/mol. The number of halogens is 5. The van der Waals surface area contributed by atoms with E-state index in [1.807, 2.05) is 0 Å². The topological polar surface area (TPSA) is 53.7 Å². The molecule has 1 aliphatic rings. The number of fused-ring (bicyclic) bond motifs is 1. The Labute approximate surface area is 107 Å². The number of benzene rings is 1. The van der Waals surface area contributed by atoms with Crippen LogP contribution in [0.25, 0.3) is 0 Å². The summed E-state index contributed by atoms with van der Waals surface area (Å²) in [5.41, 5.74) is 0.348. The molecule has 9 heteroatoms. The van der Waals surface area contributed by atoms with Crippen LogP contribution in [0.3, 0.4) is 0 Å². The van der Waals surface area contributed by atoms with Gasteiger partial charge in [-0.15, -0.1) is 0 Å². The molecule has 0 bridgehead atoms. The smallest absolute Gasteiger partial charge is 0.421 e. The summed E-state index contributed by atoms with van der Waals surface area (Å²) < 4.78 is 59.8. The maximum absolute atomic E-state index is 12.9. The highest BCUT2D eigenvalue weighted by molar-refractivity contribution is 9.10. The fraction of sp³-hybridized carbons (Fsp3) is 0.333. The Morgan fingerprint density at radius 3 is 2.11 bits per heavy atom. The van der Waals surface area contributed by atoms with Crippen LogP contribution >= 0.6 is 15.9 Å². The van der Waals surface area contributed by atoms with Crippen molar-refractivity contribution in [2.45, 2.75) is 18.8 Å². The molecule has 0 aromatic heterocycles. The van der Waals surface area contributed by atoms with Gasteiger partial charge in [0.05, 0.1) is 6.61 Å². The fourth-order valence-electron chi connectivity index (χ4n) is 1.33. The third-order valence-corrected chi connectivity index (χ3v) is 2.90. The molecule has 0 aliphatic carbocycles. The van der Waals surface area contributed by atoms with Crippen molar-refractivity contribution in [3.8, 4) is 11.5 Å². The van der Waals surface area contributed by atoms with Gasteiger partial charge >= 0.3 is 12.2 Å². The minimum atomic E-state index is -4.74. The van der Waals surface area contributed by atoms with E-state index in [0.29, 0.717) is 10.0 Å². The van der Waals surface area contributed by atoms with Crippen molar-refractivity contribution >= 4 is 15.9 Å². The molecule has 0 spiro atoms. The van der Waals surface area contributed by atoms with Gasteiger partial charge in [-0.3, -0.25) is 4.84 Å². The third-order valence-electron chi connectivity index (χ3n) is 2.17. The predicted molar refractivity (Wildman–Crippen MR) is 54.3 cm³/mol. The fourth-order valence-corrected chi connectivity index (χ4v) is 1.77. The Bertz CT molecular complexity index is 483. The Balaban J connectivity index is 2.44. The number of nitrogens with two attached hydrogens (primary N) is 1. The second-order valence-electron chi connectivity index (χ2n) is 3.44. The van der Waals surface area contributed by atoms with E-state index in [2.05, 4.69) is 30.2 Å². The quantitative estimate of drug-likeness (QED) is 0.668. The summed E-state index contributed by atoms with van der Waals surface area (Å²) in [6, 6.07) is 2.16. The Morgan fingerprint density at radius 1 is 1.11 bits per heavy atom. The highest BCUT2D eigenvalue weighted by atomic mass is 79.9. The highest BCUT2D eigenvalue weighted by Crippen LogP contribution is 2.48. The van der Waals surface area contributed by atoms with Gasteiger partial charge < -0.3 is 9.47 Å². The zero-order valence-corrected chi connectivity index (χ0v) is 10.1. The zero-order valence-electron chi connectivity index (χ0n) is 8.55. The molecule has 1 aromatic rings. The van der Waals surface area contributed by atoms with Crippen molar-refractivity contribution in [3.63, 3.8) is 0 Å². The van der Waals surface area contributed by atoms with E-state index in [1.54, 1.807) is 0 Å². The van der Waals surface area contributed by atoms with Crippen LogP contribution in [-0.2, 0) is 11.4 Å². The number of alkyl halides is 4. The molecule has 0 atom stereocenters. The first-order valence-electron chi connectivity index (χ1n) is 4.54. The van der Waals surface area contributed by atoms with Gasteiger partial charge in [0.2, 0.25) is 0 Å². The molecule has 100 valence electrons. The summed E-state index contributed by atoms with van der Waals surface area (Å²) in [5, 5.41) is 0. The minimum absolute atomic E-state index is 0.112. The molecule has 1 aromatic carbocycles. The lowest BCUT2D eigenvalue weighted by molar-refractivity contribution is -0.391. The van der Waals surface area contributed by atoms with Crippen LogP contribution in [-0.4, -0.2) is 12.2 Å². The second-order valence-corrected chi connectivity index (χ2v) is 4.29. The molecule has 1 heterocycles. The standard InChI is InChI=1S/C9H6BrF4NO3/c10-5-2-7-6(1-4(5)3-16-15)17-8(11,12)9(13,14)18-7/h1-2H,3,15H2. The number of hydrogen-bond acceptors (Lipinski definition) is 4. The van der Waals surface area contributed by atoms with Gasteiger partial charge in [-0.25, -0.2) is 5.90 Å². The first kappa shape index (κ1) is 13.4. The van der Waals surface area contributed by atoms with Gasteiger partial charge in [0, 0.05) is 4.47 Å². The Hall–Kier alpha value is -1.06. The van der Waals surface area contributed by atoms with Crippen molar-refractivity contribution < 1.29 is 31.9 Å². The van der Waals surface area contributed by atoms with Gasteiger partial charge in [0.1, 0.15) is 0 Å². The van der Waals surface area contributed by atoms with Crippen molar-refractivity contribution in [1.29, 1.82) is 0 Å². The third kappa shape index (κ3) is 2.13. The first-order chi connectivity index (χ1) is 8.27. The molecule has 18 heavy (non-hydrogen) atoms. The molecule has 2 N–H and O–H groups in total. The molecule has 4 nitrogen and oxygen atoms in total. The molecule has 0 radical (unpaired) electrons. The van der Waals surface area contributed by atoms with E-state index in [0.717, 1.165) is 12.1 Å². The molecule has 0 saturated carbocycles. The molecule has 0 fully saturated rings. The van der Waals surface area contributed by atoms with Gasteiger partial charge in [-0.1, -0.05) is 15.9 Å². The largest absolute Gasteiger partial charge is 0.507 e. The zero-order chi connectivity index (χ0) is 13.6. The maximum Gasteiger partial charge on any atom is 0.507 e. The summed E-state index contributed by atoms with van der Waals surface area (Å²) in [6.45, 7) is -0.112. The average Bonchev–Trinajstić information content (AvgIpc) is 2.22. The monoisotopic (exact) mass is 331 g/mol. The second kappa shape index (κ2) is 4.25. The van der Waals surface area contributed by atoms with Gasteiger partial charge in [0.25, 0.3) is 0 Å². The normalized spacial score (nSPS) is 19.7. The van der Waals surface area contributed by atoms with Crippen LogP contribution in [0.15, 0.2) is 16.6 Å². The molecular weight excluding hydrogens is 326 g/mol. The molecule has 1 aliphatic heterocycles. The van der Waals surface area contributed by atoms with Crippen LogP contribution in [0.2, 0.25) is 0 Å². The summed E-state index contributed by atoms with van der Waals surface area (Å²) in [6.07, 6.45) is -9.47. The van der Waals surface area contributed by atoms with Crippen LogP contribution in [0.1, 0.15) is 5.56 Å². The van der Waals surface area contributed by atoms with Crippen molar-refractivity contribution in [1.82, 2.24) is 0 Å². The van der Waals surface area contributed by atoms with E-state index in [1.165, 1.54) is 0 Å². The summed E-state index contributed by atoms with van der Waals surface area (Å²) >= 11 is 3.04. The Kier molecular flexibility index (Phi) is 3.16. The summed E-state index contributed by atoms with van der Waals surface area (Å²) in [5.74, 6) is 3.83. The first-order valence-corrected chi connectivity index (χ1v) is 5.34. The summed E-state index contributed by atoms with van der Waals surface area (Å²) in [7, 11) is 0. The van der Waals surface area contributed by atoms with E-state index >= 15 is 0 Å². The van der Waals surface area contributed by atoms with E-state index in [4.69, 9.17) is 5.90 Å². The van der Waals surface area contributed by atoms with Gasteiger partial charge in [0.15, 0.2) is 11.5 Å². The lowest BCUT2D eigenvalue weighted by Gasteiger charge is -2.32. The predicted octanol–water partition coefficient (Wildman–Crippen LogP) is 2.80. The molecule has 0 amide bonds. The molecule has 0 unspecified atom stereocenters. The Morgan fingerprint density at radius 2 is 1.61 bits per heavy atom. The van der Waals surface area contributed by atoms with Crippen LogP contribution in [0.4, 0.5) is 17.6 Å².